The zero-order valence-electron chi connectivity index (χ0n) is 12.8. The number of amides is 1. The van der Waals surface area contributed by atoms with Crippen LogP contribution in [0.3, 0.4) is 0 Å². The van der Waals surface area contributed by atoms with Gasteiger partial charge in [-0.3, -0.25) is 4.79 Å². The maximum atomic E-state index is 13.7. The maximum absolute atomic E-state index is 13.7. The number of carbonyl (C=O) groups is 1. The van der Waals surface area contributed by atoms with Gasteiger partial charge in [0, 0.05) is 28.6 Å². The molecule has 3 rings (SSSR count). The number of benzene rings is 2. The molecule has 128 valence electrons. The van der Waals surface area contributed by atoms with Crippen molar-refractivity contribution in [3.8, 4) is 11.5 Å². The molecule has 2 aromatic carbocycles. The summed E-state index contributed by atoms with van der Waals surface area (Å²) in [6, 6.07) is 10.9. The van der Waals surface area contributed by atoms with Crippen LogP contribution < -0.4 is 5.32 Å². The molecule has 0 atom stereocenters. The largest absolute Gasteiger partial charge is 0.421 e. The fraction of sp³-hybridized carbons (Fsp3) is 0.118. The van der Waals surface area contributed by atoms with Gasteiger partial charge >= 0.3 is 0 Å². The van der Waals surface area contributed by atoms with Gasteiger partial charge < -0.3 is 9.73 Å². The van der Waals surface area contributed by atoms with Gasteiger partial charge in [0.15, 0.2) is 0 Å². The summed E-state index contributed by atoms with van der Waals surface area (Å²) < 4.78 is 19.1. The fourth-order valence-electron chi connectivity index (χ4n) is 2.17. The SMILES string of the molecule is O=C(CCc1nnc(-c2ccccc2F)o1)Nc1cc(Cl)cc(Cl)c1. The second-order valence-corrected chi connectivity index (χ2v) is 6.06. The van der Waals surface area contributed by atoms with Crippen LogP contribution in [-0.4, -0.2) is 16.1 Å². The first-order chi connectivity index (χ1) is 12.0. The van der Waals surface area contributed by atoms with E-state index in [4.69, 9.17) is 27.6 Å². The first-order valence-electron chi connectivity index (χ1n) is 7.34. The zero-order chi connectivity index (χ0) is 17.8. The van der Waals surface area contributed by atoms with E-state index in [0.717, 1.165) is 0 Å². The van der Waals surface area contributed by atoms with E-state index >= 15 is 0 Å². The number of halogens is 3. The van der Waals surface area contributed by atoms with E-state index in [-0.39, 0.29) is 36.1 Å². The van der Waals surface area contributed by atoms with Gasteiger partial charge in [-0.15, -0.1) is 10.2 Å². The van der Waals surface area contributed by atoms with Crippen LogP contribution in [0, 0.1) is 5.82 Å². The van der Waals surface area contributed by atoms with E-state index in [1.807, 2.05) is 0 Å². The minimum atomic E-state index is -0.451. The second kappa shape index (κ2) is 7.63. The zero-order valence-corrected chi connectivity index (χ0v) is 14.3. The molecule has 0 aliphatic heterocycles. The van der Waals surface area contributed by atoms with Crippen molar-refractivity contribution in [1.29, 1.82) is 0 Å². The van der Waals surface area contributed by atoms with Gasteiger partial charge in [-0.05, 0) is 30.3 Å². The molecule has 1 aromatic heterocycles. The van der Waals surface area contributed by atoms with Crippen LogP contribution >= 0.6 is 23.2 Å². The van der Waals surface area contributed by atoms with Crippen molar-refractivity contribution in [2.24, 2.45) is 0 Å². The lowest BCUT2D eigenvalue weighted by atomic mass is 10.2. The fourth-order valence-corrected chi connectivity index (χ4v) is 2.69. The van der Waals surface area contributed by atoms with Gasteiger partial charge in [0.2, 0.25) is 11.8 Å². The molecule has 0 aliphatic rings. The standard InChI is InChI=1S/C17H12Cl2FN3O2/c18-10-7-11(19)9-12(8-10)21-15(24)5-6-16-22-23-17(25-16)13-3-1-2-4-14(13)20/h1-4,7-9H,5-6H2,(H,21,24). The number of aromatic nitrogens is 2. The lowest BCUT2D eigenvalue weighted by Crippen LogP contribution is -2.12. The Morgan fingerprint density at radius 2 is 1.84 bits per heavy atom. The van der Waals surface area contributed by atoms with Crippen LogP contribution in [0.5, 0.6) is 0 Å². The molecule has 1 amide bonds. The summed E-state index contributed by atoms with van der Waals surface area (Å²) in [5, 5.41) is 11.2. The van der Waals surface area contributed by atoms with E-state index in [1.54, 1.807) is 36.4 Å². The van der Waals surface area contributed by atoms with Crippen molar-refractivity contribution < 1.29 is 13.6 Å². The molecule has 0 bridgehead atoms. The average molecular weight is 380 g/mol. The van der Waals surface area contributed by atoms with Crippen molar-refractivity contribution >= 4 is 34.8 Å². The third-order valence-electron chi connectivity index (χ3n) is 3.28. The van der Waals surface area contributed by atoms with E-state index in [9.17, 15) is 9.18 Å². The number of rotatable bonds is 5. The number of aryl methyl sites for hydroxylation is 1. The molecule has 0 saturated heterocycles. The Balaban J connectivity index is 1.60. The van der Waals surface area contributed by atoms with Crippen molar-refractivity contribution in [3.05, 3.63) is 64.2 Å². The Bertz CT molecular complexity index is 894. The molecule has 0 saturated carbocycles. The Morgan fingerprint density at radius 1 is 1.12 bits per heavy atom. The number of hydrogen-bond donors (Lipinski definition) is 1. The molecule has 25 heavy (non-hydrogen) atoms. The highest BCUT2D eigenvalue weighted by Crippen LogP contribution is 2.23. The molecule has 8 heteroatoms. The van der Waals surface area contributed by atoms with Crippen molar-refractivity contribution in [2.45, 2.75) is 12.8 Å². The molecule has 0 spiro atoms. The van der Waals surface area contributed by atoms with E-state index in [1.165, 1.54) is 6.07 Å². The van der Waals surface area contributed by atoms with Gasteiger partial charge in [-0.2, -0.15) is 0 Å². The summed E-state index contributed by atoms with van der Waals surface area (Å²) in [7, 11) is 0. The summed E-state index contributed by atoms with van der Waals surface area (Å²) in [5.41, 5.74) is 0.722. The summed E-state index contributed by atoms with van der Waals surface area (Å²) in [6.45, 7) is 0. The van der Waals surface area contributed by atoms with Gasteiger partial charge in [0.05, 0.1) is 5.56 Å². The number of hydrogen-bond acceptors (Lipinski definition) is 4. The molecular weight excluding hydrogens is 368 g/mol. The molecular formula is C17H12Cl2FN3O2. The molecule has 3 aromatic rings. The number of nitrogens with one attached hydrogen (secondary N) is 1. The average Bonchev–Trinajstić information content (AvgIpc) is 3.01. The van der Waals surface area contributed by atoms with Gasteiger partial charge in [-0.25, -0.2) is 4.39 Å². The Kier molecular flexibility index (Phi) is 5.31. The number of carbonyl (C=O) groups excluding carboxylic acids is 1. The Labute approximate surface area is 152 Å². The van der Waals surface area contributed by atoms with Crippen LogP contribution in [0.15, 0.2) is 46.9 Å². The Morgan fingerprint density at radius 3 is 2.56 bits per heavy atom. The topological polar surface area (TPSA) is 68.0 Å². The monoisotopic (exact) mass is 379 g/mol. The Hall–Kier alpha value is -2.44. The first-order valence-corrected chi connectivity index (χ1v) is 8.10. The first kappa shape index (κ1) is 17.4. The summed E-state index contributed by atoms with van der Waals surface area (Å²) in [4.78, 5) is 12.0. The van der Waals surface area contributed by atoms with E-state index < -0.39 is 5.82 Å². The predicted molar refractivity (Wildman–Crippen MR) is 93.1 cm³/mol. The van der Waals surface area contributed by atoms with Gasteiger partial charge in [-0.1, -0.05) is 35.3 Å². The number of nitrogens with zero attached hydrogens (tertiary/aromatic N) is 2. The molecule has 5 nitrogen and oxygen atoms in total. The van der Waals surface area contributed by atoms with E-state index in [2.05, 4.69) is 15.5 Å². The normalized spacial score (nSPS) is 10.7. The van der Waals surface area contributed by atoms with Crippen molar-refractivity contribution in [2.75, 3.05) is 5.32 Å². The van der Waals surface area contributed by atoms with Crippen LogP contribution in [-0.2, 0) is 11.2 Å². The lowest BCUT2D eigenvalue weighted by molar-refractivity contribution is -0.116. The highest BCUT2D eigenvalue weighted by molar-refractivity contribution is 6.35. The molecule has 0 fully saturated rings. The molecule has 1 heterocycles. The predicted octanol–water partition coefficient (Wildman–Crippen LogP) is 4.75. The van der Waals surface area contributed by atoms with Crippen LogP contribution in [0.2, 0.25) is 10.0 Å². The second-order valence-electron chi connectivity index (χ2n) is 5.19. The highest BCUT2D eigenvalue weighted by atomic mass is 35.5. The summed E-state index contributed by atoms with van der Waals surface area (Å²) in [5.74, 6) is -0.384. The van der Waals surface area contributed by atoms with Crippen LogP contribution in [0.25, 0.3) is 11.5 Å². The quantitative estimate of drug-likeness (QED) is 0.694. The smallest absolute Gasteiger partial charge is 0.250 e. The molecule has 0 radical (unpaired) electrons. The van der Waals surface area contributed by atoms with Crippen LogP contribution in [0.1, 0.15) is 12.3 Å². The third kappa shape index (κ3) is 4.55. The van der Waals surface area contributed by atoms with Gasteiger partial charge in [0.25, 0.3) is 5.89 Å². The maximum Gasteiger partial charge on any atom is 0.250 e. The highest BCUT2D eigenvalue weighted by Gasteiger charge is 2.13. The summed E-state index contributed by atoms with van der Waals surface area (Å²) >= 11 is 11.8. The lowest BCUT2D eigenvalue weighted by Gasteiger charge is -2.05. The van der Waals surface area contributed by atoms with Crippen molar-refractivity contribution in [3.63, 3.8) is 0 Å². The molecule has 0 unspecified atom stereocenters. The van der Waals surface area contributed by atoms with Crippen LogP contribution in [0.4, 0.5) is 10.1 Å². The van der Waals surface area contributed by atoms with Crippen molar-refractivity contribution in [1.82, 2.24) is 10.2 Å². The molecule has 0 aliphatic carbocycles. The van der Waals surface area contributed by atoms with Gasteiger partial charge in [0.1, 0.15) is 5.82 Å². The summed E-state index contributed by atoms with van der Waals surface area (Å²) in [6.07, 6.45) is 0.338. The minimum Gasteiger partial charge on any atom is -0.421 e. The minimum absolute atomic E-state index is 0.0788. The number of anilines is 1. The van der Waals surface area contributed by atoms with E-state index in [0.29, 0.717) is 15.7 Å². The molecule has 1 N–H and O–H groups in total. The third-order valence-corrected chi connectivity index (χ3v) is 3.72.